The number of carbonyl (C=O) groups is 1. The van der Waals surface area contributed by atoms with Crippen molar-refractivity contribution < 1.29 is 14.3 Å². The zero-order valence-corrected chi connectivity index (χ0v) is 12.6. The van der Waals surface area contributed by atoms with Crippen LogP contribution in [0.15, 0.2) is 0 Å². The summed E-state index contributed by atoms with van der Waals surface area (Å²) in [5.41, 5.74) is -0.643. The van der Waals surface area contributed by atoms with Gasteiger partial charge in [-0.25, -0.2) is 0 Å². The number of rotatable bonds is 5. The molecule has 0 aliphatic carbocycles. The van der Waals surface area contributed by atoms with E-state index in [0.29, 0.717) is 12.6 Å². The number of carbonyl (C=O) groups excluding carboxylic acids is 1. The Morgan fingerprint density at radius 2 is 2.05 bits per heavy atom. The first-order valence-corrected chi connectivity index (χ1v) is 7.54. The van der Waals surface area contributed by atoms with Gasteiger partial charge in [-0.15, -0.1) is 0 Å². The first-order chi connectivity index (χ1) is 9.68. The van der Waals surface area contributed by atoms with Crippen LogP contribution in [0.5, 0.6) is 0 Å². The number of amides is 1. The van der Waals surface area contributed by atoms with Crippen molar-refractivity contribution in [3.05, 3.63) is 0 Å². The molecule has 2 N–H and O–H groups in total. The molecule has 1 amide bonds. The van der Waals surface area contributed by atoms with Gasteiger partial charge in [-0.1, -0.05) is 0 Å². The third kappa shape index (κ3) is 3.69. The Morgan fingerprint density at radius 3 is 2.65 bits per heavy atom. The van der Waals surface area contributed by atoms with Crippen molar-refractivity contribution in [2.24, 2.45) is 0 Å². The van der Waals surface area contributed by atoms with Crippen molar-refractivity contribution >= 4 is 5.91 Å². The van der Waals surface area contributed by atoms with Gasteiger partial charge in [0.1, 0.15) is 5.60 Å². The van der Waals surface area contributed by atoms with E-state index < -0.39 is 5.60 Å². The van der Waals surface area contributed by atoms with Gasteiger partial charge >= 0.3 is 0 Å². The van der Waals surface area contributed by atoms with Gasteiger partial charge in [-0.05, 0) is 32.9 Å². The minimum absolute atomic E-state index is 0.0293. The largest absolute Gasteiger partial charge is 0.379 e. The van der Waals surface area contributed by atoms with Gasteiger partial charge in [0.15, 0.2) is 0 Å². The van der Waals surface area contributed by atoms with Crippen LogP contribution in [0.4, 0.5) is 0 Å². The molecule has 1 unspecified atom stereocenters. The molecule has 1 atom stereocenters. The Bertz CT molecular complexity index is 313. The number of ether oxygens (including phenoxy) is 2. The highest BCUT2D eigenvalue weighted by molar-refractivity contribution is 5.85. The first kappa shape index (κ1) is 15.7. The van der Waals surface area contributed by atoms with Crippen molar-refractivity contribution in [3.8, 4) is 0 Å². The molecule has 6 heteroatoms. The summed E-state index contributed by atoms with van der Waals surface area (Å²) in [4.78, 5) is 14.8. The van der Waals surface area contributed by atoms with Crippen LogP contribution in [-0.4, -0.2) is 75.5 Å². The highest BCUT2D eigenvalue weighted by atomic mass is 16.5. The van der Waals surface area contributed by atoms with Gasteiger partial charge in [-0.3, -0.25) is 9.69 Å². The molecule has 2 heterocycles. The Balaban J connectivity index is 1.80. The molecule has 2 aliphatic rings. The predicted octanol–water partition coefficient (Wildman–Crippen LogP) is -0.408. The van der Waals surface area contributed by atoms with Crippen LogP contribution in [-0.2, 0) is 14.3 Å². The minimum Gasteiger partial charge on any atom is -0.379 e. The van der Waals surface area contributed by atoms with E-state index in [0.717, 1.165) is 52.2 Å². The monoisotopic (exact) mass is 285 g/mol. The zero-order valence-electron chi connectivity index (χ0n) is 12.6. The predicted molar refractivity (Wildman–Crippen MR) is 76.7 cm³/mol. The fourth-order valence-corrected chi connectivity index (χ4v) is 2.90. The van der Waals surface area contributed by atoms with E-state index in [4.69, 9.17) is 9.47 Å². The molecule has 0 aromatic heterocycles. The molecular weight excluding hydrogens is 258 g/mol. The Kier molecular flexibility index (Phi) is 5.77. The lowest BCUT2D eigenvalue weighted by Gasteiger charge is -2.36. The van der Waals surface area contributed by atoms with Gasteiger partial charge in [0.2, 0.25) is 0 Å². The average molecular weight is 285 g/mol. The molecule has 0 radical (unpaired) electrons. The van der Waals surface area contributed by atoms with Crippen molar-refractivity contribution in [2.45, 2.75) is 31.4 Å². The molecule has 0 aromatic rings. The summed E-state index contributed by atoms with van der Waals surface area (Å²) in [6, 6.07) is 0.332. The molecule has 0 bridgehead atoms. The molecule has 2 saturated heterocycles. The lowest BCUT2D eigenvalue weighted by Crippen LogP contribution is -2.56. The number of hydrogen-bond donors (Lipinski definition) is 2. The summed E-state index contributed by atoms with van der Waals surface area (Å²) in [6.07, 6.45) is 1.47. The quantitative estimate of drug-likeness (QED) is 0.719. The highest BCUT2D eigenvalue weighted by Gasteiger charge is 2.39. The summed E-state index contributed by atoms with van der Waals surface area (Å²) >= 11 is 0. The molecule has 116 valence electrons. The second kappa shape index (κ2) is 7.36. The summed E-state index contributed by atoms with van der Waals surface area (Å²) in [7, 11) is 1.64. The van der Waals surface area contributed by atoms with E-state index >= 15 is 0 Å². The molecule has 6 nitrogen and oxygen atoms in total. The molecular formula is C14H27N3O3. The van der Waals surface area contributed by atoms with Gasteiger partial charge in [-0.2, -0.15) is 0 Å². The zero-order chi connectivity index (χ0) is 14.4. The summed E-state index contributed by atoms with van der Waals surface area (Å²) < 4.78 is 10.9. The maximum absolute atomic E-state index is 12.4. The smallest absolute Gasteiger partial charge is 0.252 e. The van der Waals surface area contributed by atoms with E-state index in [9.17, 15) is 4.79 Å². The third-order valence-corrected chi connectivity index (χ3v) is 4.44. The maximum atomic E-state index is 12.4. The molecule has 2 fully saturated rings. The molecule has 20 heavy (non-hydrogen) atoms. The second-order valence-electron chi connectivity index (χ2n) is 5.66. The fourth-order valence-electron chi connectivity index (χ4n) is 2.90. The Morgan fingerprint density at radius 1 is 1.40 bits per heavy atom. The van der Waals surface area contributed by atoms with Gasteiger partial charge in [0.25, 0.3) is 5.91 Å². The Labute approximate surface area is 121 Å². The van der Waals surface area contributed by atoms with Crippen LogP contribution in [0.3, 0.4) is 0 Å². The standard InChI is InChI=1S/C14H27N3O3/c1-12(17-7-9-20-10-8-17)11-16-13(18)14(19-2)3-5-15-6-4-14/h12,15H,3-11H2,1-2H3,(H,16,18). The van der Waals surface area contributed by atoms with Crippen molar-refractivity contribution in [2.75, 3.05) is 53.0 Å². The van der Waals surface area contributed by atoms with Crippen LogP contribution in [0.1, 0.15) is 19.8 Å². The van der Waals surface area contributed by atoms with E-state index in [1.165, 1.54) is 0 Å². The normalized spacial score (nSPS) is 25.1. The highest BCUT2D eigenvalue weighted by Crippen LogP contribution is 2.22. The molecule has 0 spiro atoms. The minimum atomic E-state index is -0.643. The molecule has 2 aliphatic heterocycles. The fraction of sp³-hybridized carbons (Fsp3) is 0.929. The van der Waals surface area contributed by atoms with Crippen molar-refractivity contribution in [1.29, 1.82) is 0 Å². The molecule has 0 saturated carbocycles. The van der Waals surface area contributed by atoms with E-state index in [2.05, 4.69) is 22.5 Å². The van der Waals surface area contributed by atoms with Gasteiger partial charge in [0.05, 0.1) is 13.2 Å². The number of hydrogen-bond acceptors (Lipinski definition) is 5. The number of methoxy groups -OCH3 is 1. The summed E-state index contributed by atoms with van der Waals surface area (Å²) in [6.45, 7) is 7.93. The van der Waals surface area contributed by atoms with Gasteiger partial charge in [0, 0.05) is 32.8 Å². The van der Waals surface area contributed by atoms with Crippen molar-refractivity contribution in [1.82, 2.24) is 15.5 Å². The van der Waals surface area contributed by atoms with E-state index in [1.807, 2.05) is 0 Å². The first-order valence-electron chi connectivity index (χ1n) is 7.54. The Hall–Kier alpha value is -0.690. The van der Waals surface area contributed by atoms with Crippen LogP contribution >= 0.6 is 0 Å². The molecule has 0 aromatic carbocycles. The van der Waals surface area contributed by atoms with Crippen LogP contribution < -0.4 is 10.6 Å². The summed E-state index contributed by atoms with van der Waals surface area (Å²) in [5, 5.41) is 6.33. The maximum Gasteiger partial charge on any atom is 0.252 e. The number of nitrogens with zero attached hydrogens (tertiary/aromatic N) is 1. The van der Waals surface area contributed by atoms with Crippen LogP contribution in [0.25, 0.3) is 0 Å². The topological polar surface area (TPSA) is 62.8 Å². The van der Waals surface area contributed by atoms with Crippen molar-refractivity contribution in [3.63, 3.8) is 0 Å². The van der Waals surface area contributed by atoms with E-state index in [-0.39, 0.29) is 5.91 Å². The number of morpholine rings is 1. The second-order valence-corrected chi connectivity index (χ2v) is 5.66. The molecule has 2 rings (SSSR count). The lowest BCUT2D eigenvalue weighted by molar-refractivity contribution is -0.147. The van der Waals surface area contributed by atoms with Crippen LogP contribution in [0.2, 0.25) is 0 Å². The SMILES string of the molecule is COC1(C(=O)NCC(C)N2CCOCC2)CCNCC1. The van der Waals surface area contributed by atoms with Gasteiger partial charge < -0.3 is 20.1 Å². The summed E-state index contributed by atoms with van der Waals surface area (Å²) in [5.74, 6) is 0.0293. The number of nitrogens with one attached hydrogen (secondary N) is 2. The lowest BCUT2D eigenvalue weighted by atomic mass is 9.91. The third-order valence-electron chi connectivity index (χ3n) is 4.44. The van der Waals surface area contributed by atoms with Crippen LogP contribution in [0, 0.1) is 0 Å². The van der Waals surface area contributed by atoms with E-state index in [1.54, 1.807) is 7.11 Å². The number of piperidine rings is 1. The average Bonchev–Trinajstić information content (AvgIpc) is 2.53.